The third-order valence-corrected chi connectivity index (χ3v) is 6.59. The fourth-order valence-electron chi connectivity index (χ4n) is 2.60. The first kappa shape index (κ1) is 14.3. The van der Waals surface area contributed by atoms with Crippen LogP contribution in [0.4, 0.5) is 0 Å². The van der Waals surface area contributed by atoms with Gasteiger partial charge in [0.1, 0.15) is 0 Å². The van der Waals surface area contributed by atoms with E-state index in [0.29, 0.717) is 0 Å². The highest BCUT2D eigenvalue weighted by Gasteiger charge is 2.22. The van der Waals surface area contributed by atoms with Crippen molar-refractivity contribution in [2.45, 2.75) is 38.8 Å². The van der Waals surface area contributed by atoms with Crippen molar-refractivity contribution >= 4 is 18.5 Å². The van der Waals surface area contributed by atoms with Gasteiger partial charge in [0, 0.05) is 0 Å². The summed E-state index contributed by atoms with van der Waals surface area (Å²) < 4.78 is 0. The second-order valence-electron chi connectivity index (χ2n) is 4.89. The molecule has 0 N–H and O–H groups in total. The topological polar surface area (TPSA) is 0 Å². The molecule has 0 aliphatic heterocycles. The first-order valence-electron chi connectivity index (χ1n) is 7.26. The van der Waals surface area contributed by atoms with Gasteiger partial charge in [-0.2, -0.15) is 0 Å². The Morgan fingerprint density at radius 1 is 0.789 bits per heavy atom. The fourth-order valence-corrected chi connectivity index (χ4v) is 5.61. The summed E-state index contributed by atoms with van der Waals surface area (Å²) in [5, 5.41) is 3.04. The van der Waals surface area contributed by atoms with Crippen LogP contribution in [0.3, 0.4) is 0 Å². The molecule has 0 heterocycles. The monoisotopic (exact) mass is 270 g/mol. The first-order valence-corrected chi connectivity index (χ1v) is 8.67. The molecule has 0 aliphatic rings. The van der Waals surface area contributed by atoms with Crippen LogP contribution >= 0.6 is 7.92 Å². The highest BCUT2D eigenvalue weighted by molar-refractivity contribution is 7.73. The van der Waals surface area contributed by atoms with Crippen molar-refractivity contribution in [3.8, 4) is 0 Å². The normalized spacial score (nSPS) is 12.6. The average molecular weight is 270 g/mol. The summed E-state index contributed by atoms with van der Waals surface area (Å²) in [6.07, 6.45) is 3.87. The summed E-state index contributed by atoms with van der Waals surface area (Å²) >= 11 is 0. The smallest absolute Gasteiger partial charge is 0.0132 e. The van der Waals surface area contributed by atoms with Gasteiger partial charge in [0.25, 0.3) is 0 Å². The quantitative estimate of drug-likeness (QED) is 0.667. The molecule has 0 radical (unpaired) electrons. The molecule has 2 aromatic carbocycles. The zero-order valence-corrected chi connectivity index (χ0v) is 12.8. The van der Waals surface area contributed by atoms with Crippen LogP contribution in [0.1, 0.15) is 33.1 Å². The Morgan fingerprint density at radius 2 is 1.26 bits per heavy atom. The Labute approximate surface area is 118 Å². The molecule has 0 saturated heterocycles. The Kier molecular flexibility index (Phi) is 5.61. The zero-order chi connectivity index (χ0) is 13.5. The van der Waals surface area contributed by atoms with Crippen LogP contribution in [-0.2, 0) is 0 Å². The Hall–Kier alpha value is -1.13. The van der Waals surface area contributed by atoms with Crippen molar-refractivity contribution < 1.29 is 0 Å². The van der Waals surface area contributed by atoms with Gasteiger partial charge < -0.3 is 0 Å². The van der Waals surface area contributed by atoms with Crippen LogP contribution in [0.5, 0.6) is 0 Å². The SMILES string of the molecule is CCCC(CC)P(c1ccccc1)c1ccccc1. The second kappa shape index (κ2) is 7.46. The number of hydrogen-bond donors (Lipinski definition) is 0. The second-order valence-corrected chi connectivity index (χ2v) is 7.39. The van der Waals surface area contributed by atoms with Crippen LogP contribution in [0.2, 0.25) is 0 Å². The van der Waals surface area contributed by atoms with Gasteiger partial charge in [-0.25, -0.2) is 0 Å². The summed E-state index contributed by atoms with van der Waals surface area (Å²) in [6, 6.07) is 22.1. The molecule has 0 saturated carbocycles. The molecule has 2 aromatic rings. The lowest BCUT2D eigenvalue weighted by Gasteiger charge is -2.27. The molecule has 0 aliphatic carbocycles. The Balaban J connectivity index is 2.38. The van der Waals surface area contributed by atoms with Crippen molar-refractivity contribution in [1.29, 1.82) is 0 Å². The standard InChI is InChI=1S/C18H23P/c1-3-11-16(4-2)19(17-12-7-5-8-13-17)18-14-9-6-10-15-18/h5-10,12-16H,3-4,11H2,1-2H3. The van der Waals surface area contributed by atoms with E-state index in [9.17, 15) is 0 Å². The maximum Gasteiger partial charge on any atom is -0.0132 e. The van der Waals surface area contributed by atoms with Gasteiger partial charge in [-0.05, 0) is 37.0 Å². The van der Waals surface area contributed by atoms with E-state index in [2.05, 4.69) is 74.5 Å². The third-order valence-electron chi connectivity index (χ3n) is 3.53. The van der Waals surface area contributed by atoms with Gasteiger partial charge in [-0.1, -0.05) is 80.9 Å². The van der Waals surface area contributed by atoms with Crippen molar-refractivity contribution in [2.24, 2.45) is 0 Å². The lowest BCUT2D eigenvalue weighted by molar-refractivity contribution is 0.714. The molecule has 0 bridgehead atoms. The molecule has 0 aromatic heterocycles. The van der Waals surface area contributed by atoms with Gasteiger partial charge in [0.15, 0.2) is 0 Å². The van der Waals surface area contributed by atoms with E-state index < -0.39 is 0 Å². The van der Waals surface area contributed by atoms with Gasteiger partial charge in [-0.15, -0.1) is 0 Å². The van der Waals surface area contributed by atoms with E-state index in [-0.39, 0.29) is 7.92 Å². The Bertz CT molecular complexity index is 424. The minimum absolute atomic E-state index is 0.220. The number of hydrogen-bond acceptors (Lipinski definition) is 0. The van der Waals surface area contributed by atoms with Gasteiger partial charge in [0.2, 0.25) is 0 Å². The lowest BCUT2D eigenvalue weighted by Crippen LogP contribution is -2.21. The molecule has 0 amide bonds. The summed E-state index contributed by atoms with van der Waals surface area (Å²) in [6.45, 7) is 4.63. The van der Waals surface area contributed by atoms with Crippen molar-refractivity contribution in [3.63, 3.8) is 0 Å². The van der Waals surface area contributed by atoms with Crippen LogP contribution < -0.4 is 10.6 Å². The molecule has 19 heavy (non-hydrogen) atoms. The van der Waals surface area contributed by atoms with E-state index in [0.717, 1.165) is 5.66 Å². The van der Waals surface area contributed by atoms with Crippen LogP contribution in [0.15, 0.2) is 60.7 Å². The average Bonchev–Trinajstić information content (AvgIpc) is 2.49. The van der Waals surface area contributed by atoms with E-state index in [4.69, 9.17) is 0 Å². The minimum atomic E-state index is -0.220. The van der Waals surface area contributed by atoms with E-state index in [1.807, 2.05) is 0 Å². The van der Waals surface area contributed by atoms with Crippen molar-refractivity contribution in [3.05, 3.63) is 60.7 Å². The minimum Gasteiger partial charge on any atom is -0.0654 e. The first-order chi connectivity index (χ1) is 9.36. The number of rotatable bonds is 6. The number of benzene rings is 2. The van der Waals surface area contributed by atoms with Gasteiger partial charge in [-0.3, -0.25) is 0 Å². The molecule has 0 spiro atoms. The van der Waals surface area contributed by atoms with Gasteiger partial charge in [0.05, 0.1) is 0 Å². The van der Waals surface area contributed by atoms with Crippen LogP contribution in [-0.4, -0.2) is 5.66 Å². The predicted octanol–water partition coefficient (Wildman–Crippen LogP) is 4.70. The summed E-state index contributed by atoms with van der Waals surface area (Å²) in [4.78, 5) is 0. The van der Waals surface area contributed by atoms with E-state index in [1.54, 1.807) is 0 Å². The molecular formula is C18H23P. The Morgan fingerprint density at radius 3 is 1.63 bits per heavy atom. The van der Waals surface area contributed by atoms with Crippen molar-refractivity contribution in [2.75, 3.05) is 0 Å². The highest BCUT2D eigenvalue weighted by Crippen LogP contribution is 2.43. The molecule has 0 fully saturated rings. The lowest BCUT2D eigenvalue weighted by atomic mass is 10.2. The molecule has 100 valence electrons. The zero-order valence-electron chi connectivity index (χ0n) is 11.9. The third kappa shape index (κ3) is 3.67. The maximum atomic E-state index is 2.33. The van der Waals surface area contributed by atoms with Crippen LogP contribution in [0, 0.1) is 0 Å². The van der Waals surface area contributed by atoms with Crippen LogP contribution in [0.25, 0.3) is 0 Å². The summed E-state index contributed by atoms with van der Waals surface area (Å²) in [5.74, 6) is 0. The maximum absolute atomic E-state index is 2.33. The van der Waals surface area contributed by atoms with E-state index >= 15 is 0 Å². The van der Waals surface area contributed by atoms with E-state index in [1.165, 1.54) is 29.9 Å². The molecular weight excluding hydrogens is 247 g/mol. The molecule has 1 heteroatoms. The van der Waals surface area contributed by atoms with Gasteiger partial charge >= 0.3 is 0 Å². The molecule has 1 unspecified atom stereocenters. The fraction of sp³-hybridized carbons (Fsp3) is 0.333. The molecule has 1 atom stereocenters. The molecule has 0 nitrogen and oxygen atoms in total. The highest BCUT2D eigenvalue weighted by atomic mass is 31.1. The summed E-state index contributed by atoms with van der Waals surface area (Å²) in [7, 11) is -0.220. The molecule has 2 rings (SSSR count). The van der Waals surface area contributed by atoms with Crippen molar-refractivity contribution in [1.82, 2.24) is 0 Å². The summed E-state index contributed by atoms with van der Waals surface area (Å²) in [5.41, 5.74) is 0.796. The largest absolute Gasteiger partial charge is 0.0654 e. The predicted molar refractivity (Wildman–Crippen MR) is 88.1 cm³/mol.